The highest BCUT2D eigenvalue weighted by molar-refractivity contribution is 5.51. The van der Waals surface area contributed by atoms with Crippen LogP contribution in [0.5, 0.6) is 0 Å². The Bertz CT molecular complexity index is 414. The number of aliphatic hydroxyl groups is 1. The van der Waals surface area contributed by atoms with Gasteiger partial charge in [0.25, 0.3) is 0 Å². The topological polar surface area (TPSA) is 44.1 Å². The molecular formula is C19H31NO. The van der Waals surface area contributed by atoms with E-state index in [0.717, 1.165) is 25.7 Å². The van der Waals surface area contributed by atoms with Gasteiger partial charge in [0.2, 0.25) is 0 Å². The van der Waals surface area contributed by atoms with E-state index in [-0.39, 0.29) is 6.10 Å². The van der Waals surface area contributed by atoms with Gasteiger partial charge in [0.05, 0.1) is 6.10 Å². The molecule has 0 fully saturated rings. The van der Waals surface area contributed by atoms with Crippen LogP contribution in [0.15, 0.2) is 35.4 Å². The Labute approximate surface area is 130 Å². The minimum atomic E-state index is -0.116. The molecule has 1 aromatic carbocycles. The van der Waals surface area contributed by atoms with Crippen LogP contribution in [0, 0.1) is 5.41 Å². The Morgan fingerprint density at radius 1 is 1.10 bits per heavy atom. The summed E-state index contributed by atoms with van der Waals surface area (Å²) in [6.07, 6.45) is 5.29. The van der Waals surface area contributed by atoms with Crippen molar-refractivity contribution in [3.8, 4) is 0 Å². The van der Waals surface area contributed by atoms with Crippen LogP contribution in [0.2, 0.25) is 0 Å². The van der Waals surface area contributed by atoms with Gasteiger partial charge in [-0.2, -0.15) is 0 Å². The molecule has 0 aliphatic heterocycles. The third-order valence-corrected chi connectivity index (χ3v) is 3.55. The molecule has 2 rings (SSSR count). The monoisotopic (exact) mass is 289 g/mol. The summed E-state index contributed by atoms with van der Waals surface area (Å²) < 4.78 is 0. The van der Waals surface area contributed by atoms with E-state index in [0.29, 0.717) is 0 Å². The van der Waals surface area contributed by atoms with Gasteiger partial charge >= 0.3 is 0 Å². The van der Waals surface area contributed by atoms with Gasteiger partial charge in [0.1, 0.15) is 0 Å². The quantitative estimate of drug-likeness (QED) is 0.587. The summed E-state index contributed by atoms with van der Waals surface area (Å²) >= 11 is 0. The summed E-state index contributed by atoms with van der Waals surface area (Å²) in [6.45, 7) is 10.1. The molecule has 1 atom stereocenters. The summed E-state index contributed by atoms with van der Waals surface area (Å²) in [7, 11) is 0. The van der Waals surface area contributed by atoms with Gasteiger partial charge in [-0.05, 0) is 63.8 Å². The minimum absolute atomic E-state index is 0.116. The van der Waals surface area contributed by atoms with Gasteiger partial charge in [0.15, 0.2) is 0 Å². The summed E-state index contributed by atoms with van der Waals surface area (Å²) in [5, 5.41) is 14.7. The number of nitrogens with one attached hydrogen (secondary N) is 1. The fraction of sp³-hybridized carbons (Fsp3) is 0.526. The Kier molecular flexibility index (Phi) is 10.5. The number of hydrogen-bond donors (Lipinski definition) is 2. The van der Waals surface area contributed by atoms with Gasteiger partial charge in [0, 0.05) is 0 Å². The highest BCUT2D eigenvalue weighted by atomic mass is 16.3. The summed E-state index contributed by atoms with van der Waals surface area (Å²) in [5.74, 6) is 0. The average Bonchev–Trinajstić information content (AvgIpc) is 2.49. The third kappa shape index (κ3) is 8.46. The van der Waals surface area contributed by atoms with Crippen molar-refractivity contribution in [3.63, 3.8) is 0 Å². The van der Waals surface area contributed by atoms with Crippen LogP contribution < -0.4 is 0 Å². The highest BCUT2D eigenvalue weighted by Gasteiger charge is 2.10. The molecule has 2 nitrogen and oxygen atoms in total. The standard InChI is InChI=1S/C12H14.C4H10O.C3H7N/c1-9-7-11-5-3-4-6-12(11)8-10(9)2;1-3-4(2)5;1-2-3-4/h3-6H,7-8H2,1-2H3;4-5H,3H2,1-2H3;3-4H,2H2,1H3. The smallest absolute Gasteiger partial charge is 0.0509 e. The van der Waals surface area contributed by atoms with Crippen molar-refractivity contribution in [1.29, 1.82) is 5.41 Å². The Hall–Kier alpha value is -1.41. The Morgan fingerprint density at radius 3 is 1.67 bits per heavy atom. The SMILES string of the molecule is CC1=C(C)Cc2ccccc2C1.CCC(C)O.CCC=N. The van der Waals surface area contributed by atoms with E-state index < -0.39 is 0 Å². The van der Waals surface area contributed by atoms with Crippen molar-refractivity contribution < 1.29 is 5.11 Å². The number of rotatable bonds is 2. The second-order valence-electron chi connectivity index (χ2n) is 5.55. The largest absolute Gasteiger partial charge is 0.393 e. The van der Waals surface area contributed by atoms with E-state index in [9.17, 15) is 0 Å². The zero-order chi connectivity index (χ0) is 16.3. The van der Waals surface area contributed by atoms with E-state index in [1.807, 2.05) is 13.8 Å². The first-order valence-electron chi connectivity index (χ1n) is 7.85. The molecule has 1 unspecified atom stereocenters. The molecule has 2 N–H and O–H groups in total. The number of hydrogen-bond acceptors (Lipinski definition) is 2. The van der Waals surface area contributed by atoms with Crippen molar-refractivity contribution in [3.05, 3.63) is 46.5 Å². The first kappa shape index (κ1) is 19.6. The zero-order valence-corrected chi connectivity index (χ0v) is 14.2. The molecule has 0 spiro atoms. The van der Waals surface area contributed by atoms with Crippen LogP contribution in [0.25, 0.3) is 0 Å². The van der Waals surface area contributed by atoms with E-state index in [2.05, 4.69) is 38.1 Å². The van der Waals surface area contributed by atoms with Crippen molar-refractivity contribution in [2.45, 2.75) is 66.4 Å². The van der Waals surface area contributed by atoms with Gasteiger partial charge in [-0.25, -0.2) is 0 Å². The fourth-order valence-electron chi connectivity index (χ4n) is 1.78. The number of allylic oxidation sites excluding steroid dienone is 2. The molecule has 0 aromatic heterocycles. The molecule has 1 aliphatic rings. The van der Waals surface area contributed by atoms with Gasteiger partial charge in [-0.1, -0.05) is 49.3 Å². The maximum atomic E-state index is 8.36. The molecular weight excluding hydrogens is 258 g/mol. The zero-order valence-electron chi connectivity index (χ0n) is 14.2. The van der Waals surface area contributed by atoms with Crippen molar-refractivity contribution in [2.75, 3.05) is 0 Å². The predicted octanol–water partition coefficient (Wildman–Crippen LogP) is 4.94. The summed E-state index contributed by atoms with van der Waals surface area (Å²) in [6, 6.07) is 8.75. The van der Waals surface area contributed by atoms with Crippen LogP contribution in [-0.4, -0.2) is 17.4 Å². The van der Waals surface area contributed by atoms with Crippen LogP contribution >= 0.6 is 0 Å². The van der Waals surface area contributed by atoms with Crippen molar-refractivity contribution in [2.24, 2.45) is 0 Å². The first-order valence-corrected chi connectivity index (χ1v) is 7.85. The lowest BCUT2D eigenvalue weighted by Crippen LogP contribution is -2.04. The molecule has 118 valence electrons. The van der Waals surface area contributed by atoms with E-state index in [4.69, 9.17) is 10.5 Å². The Morgan fingerprint density at radius 2 is 1.43 bits per heavy atom. The van der Waals surface area contributed by atoms with Crippen LogP contribution in [0.3, 0.4) is 0 Å². The lowest BCUT2D eigenvalue weighted by molar-refractivity contribution is 0.191. The molecule has 21 heavy (non-hydrogen) atoms. The molecule has 0 saturated carbocycles. The number of benzene rings is 1. The van der Waals surface area contributed by atoms with Crippen LogP contribution in [0.1, 0.15) is 58.6 Å². The average molecular weight is 289 g/mol. The lowest BCUT2D eigenvalue weighted by atomic mass is 9.88. The highest BCUT2D eigenvalue weighted by Crippen LogP contribution is 2.24. The minimum Gasteiger partial charge on any atom is -0.393 e. The van der Waals surface area contributed by atoms with Gasteiger partial charge < -0.3 is 10.5 Å². The predicted molar refractivity (Wildman–Crippen MR) is 93.3 cm³/mol. The van der Waals surface area contributed by atoms with E-state index >= 15 is 0 Å². The maximum Gasteiger partial charge on any atom is 0.0509 e. The van der Waals surface area contributed by atoms with Crippen molar-refractivity contribution >= 4 is 6.21 Å². The molecule has 1 aromatic rings. The summed E-state index contributed by atoms with van der Waals surface area (Å²) in [5.41, 5.74) is 6.13. The molecule has 0 radical (unpaired) electrons. The molecule has 2 heteroatoms. The van der Waals surface area contributed by atoms with Gasteiger partial charge in [-0.3, -0.25) is 0 Å². The molecule has 1 aliphatic carbocycles. The second-order valence-corrected chi connectivity index (χ2v) is 5.55. The molecule has 0 amide bonds. The molecule has 0 bridgehead atoms. The number of aliphatic hydroxyl groups excluding tert-OH is 1. The maximum absolute atomic E-state index is 8.36. The van der Waals surface area contributed by atoms with Gasteiger partial charge in [-0.15, -0.1) is 0 Å². The van der Waals surface area contributed by atoms with E-state index in [1.165, 1.54) is 17.3 Å². The number of fused-ring (bicyclic) bond motifs is 1. The first-order chi connectivity index (χ1) is 9.96. The second kappa shape index (κ2) is 11.3. The fourth-order valence-corrected chi connectivity index (χ4v) is 1.78. The molecule has 0 heterocycles. The summed E-state index contributed by atoms with van der Waals surface area (Å²) in [4.78, 5) is 0. The van der Waals surface area contributed by atoms with Crippen molar-refractivity contribution in [1.82, 2.24) is 0 Å². The van der Waals surface area contributed by atoms with E-state index in [1.54, 1.807) is 18.1 Å². The molecule has 0 saturated heterocycles. The van der Waals surface area contributed by atoms with Crippen LogP contribution in [0.4, 0.5) is 0 Å². The Balaban J connectivity index is 0.000000374. The van der Waals surface area contributed by atoms with Crippen LogP contribution in [-0.2, 0) is 12.8 Å². The third-order valence-electron chi connectivity index (χ3n) is 3.55. The lowest BCUT2D eigenvalue weighted by Gasteiger charge is -2.18. The normalized spacial score (nSPS) is 14.0.